The zero-order valence-corrected chi connectivity index (χ0v) is 14.0. The van der Waals surface area contributed by atoms with E-state index in [1.807, 2.05) is 30.7 Å². The van der Waals surface area contributed by atoms with Gasteiger partial charge >= 0.3 is 0 Å². The summed E-state index contributed by atoms with van der Waals surface area (Å²) < 4.78 is 29.1. The fourth-order valence-electron chi connectivity index (χ4n) is 2.01. The first kappa shape index (κ1) is 16.2. The van der Waals surface area contributed by atoms with Crippen LogP contribution >= 0.6 is 11.3 Å². The van der Waals surface area contributed by atoms with Crippen molar-refractivity contribution < 1.29 is 8.42 Å². The van der Waals surface area contributed by atoms with Gasteiger partial charge in [0, 0.05) is 35.6 Å². The molecule has 0 aromatic carbocycles. The highest BCUT2D eigenvalue weighted by Crippen LogP contribution is 2.19. The molecule has 0 aliphatic heterocycles. The average Bonchev–Trinajstić information content (AvgIpc) is 3.02. The summed E-state index contributed by atoms with van der Waals surface area (Å²) in [7, 11) is -3.55. The molecule has 0 bridgehead atoms. The minimum atomic E-state index is -3.55. The molecule has 0 amide bonds. The van der Waals surface area contributed by atoms with Gasteiger partial charge < -0.3 is 10.3 Å². The van der Waals surface area contributed by atoms with Gasteiger partial charge in [-0.2, -0.15) is 0 Å². The quantitative estimate of drug-likeness (QED) is 0.845. The topological polar surface area (TPSA) is 90.0 Å². The van der Waals surface area contributed by atoms with Gasteiger partial charge in [0.25, 0.3) is 0 Å². The van der Waals surface area contributed by atoms with Crippen LogP contribution in [-0.2, 0) is 23.1 Å². The SMILES string of the molecule is Cc1csc(CNS(=O)(=O)c2cc(CN)n(C(C)C)c2)n1. The minimum Gasteiger partial charge on any atom is -0.346 e. The second-order valence-corrected chi connectivity index (χ2v) is 7.79. The maximum absolute atomic E-state index is 12.3. The first-order valence-electron chi connectivity index (χ1n) is 6.65. The van der Waals surface area contributed by atoms with Gasteiger partial charge in [0.1, 0.15) is 5.01 Å². The molecule has 2 aromatic heterocycles. The minimum absolute atomic E-state index is 0.161. The maximum atomic E-state index is 12.3. The van der Waals surface area contributed by atoms with Crippen molar-refractivity contribution in [3.05, 3.63) is 34.0 Å². The number of aromatic nitrogens is 2. The summed E-state index contributed by atoms with van der Waals surface area (Å²) in [4.78, 5) is 4.48. The third-order valence-electron chi connectivity index (χ3n) is 3.06. The summed E-state index contributed by atoms with van der Waals surface area (Å²) in [6.45, 7) is 6.36. The van der Waals surface area contributed by atoms with Crippen LogP contribution in [0.1, 0.15) is 36.3 Å². The predicted molar refractivity (Wildman–Crippen MR) is 83.6 cm³/mol. The molecule has 0 spiro atoms. The van der Waals surface area contributed by atoms with Crippen molar-refractivity contribution in [3.8, 4) is 0 Å². The highest BCUT2D eigenvalue weighted by atomic mass is 32.2. The normalized spacial score (nSPS) is 12.2. The highest BCUT2D eigenvalue weighted by Gasteiger charge is 2.19. The Labute approximate surface area is 129 Å². The molecule has 0 aliphatic carbocycles. The van der Waals surface area contributed by atoms with E-state index >= 15 is 0 Å². The average molecular weight is 328 g/mol. The molecule has 8 heteroatoms. The highest BCUT2D eigenvalue weighted by molar-refractivity contribution is 7.89. The summed E-state index contributed by atoms with van der Waals surface area (Å²) in [5, 5.41) is 2.64. The summed E-state index contributed by atoms with van der Waals surface area (Å²) >= 11 is 1.44. The number of aryl methyl sites for hydroxylation is 1. The molecule has 0 radical (unpaired) electrons. The third kappa shape index (κ3) is 3.70. The summed E-state index contributed by atoms with van der Waals surface area (Å²) in [6, 6.07) is 1.78. The fourth-order valence-corrected chi connectivity index (χ4v) is 3.85. The summed E-state index contributed by atoms with van der Waals surface area (Å²) in [5.41, 5.74) is 7.36. The lowest BCUT2D eigenvalue weighted by molar-refractivity contribution is 0.569. The number of nitrogens with one attached hydrogen (secondary N) is 1. The molecule has 21 heavy (non-hydrogen) atoms. The van der Waals surface area contributed by atoms with Crippen molar-refractivity contribution in [3.63, 3.8) is 0 Å². The van der Waals surface area contributed by atoms with Gasteiger partial charge in [0.15, 0.2) is 0 Å². The van der Waals surface area contributed by atoms with E-state index in [4.69, 9.17) is 5.73 Å². The van der Waals surface area contributed by atoms with Crippen molar-refractivity contribution >= 4 is 21.4 Å². The number of nitrogens with two attached hydrogens (primary N) is 1. The van der Waals surface area contributed by atoms with Crippen molar-refractivity contribution in [2.45, 2.75) is 44.8 Å². The lowest BCUT2D eigenvalue weighted by atomic mass is 10.3. The monoisotopic (exact) mass is 328 g/mol. The van der Waals surface area contributed by atoms with Crippen LogP contribution in [-0.4, -0.2) is 18.0 Å². The Bertz CT molecular complexity index is 716. The molecule has 0 saturated carbocycles. The van der Waals surface area contributed by atoms with Crippen molar-refractivity contribution in [2.24, 2.45) is 5.73 Å². The Balaban J connectivity index is 2.19. The molecule has 0 aliphatic rings. The van der Waals surface area contributed by atoms with E-state index < -0.39 is 10.0 Å². The van der Waals surface area contributed by atoms with Gasteiger partial charge in [-0.3, -0.25) is 0 Å². The standard InChI is InChI=1S/C13H20N4O2S2/c1-9(2)17-7-12(4-11(17)5-14)21(18,19)15-6-13-16-10(3)8-20-13/h4,7-9,15H,5-6,14H2,1-3H3. The number of rotatable bonds is 6. The first-order valence-corrected chi connectivity index (χ1v) is 9.01. The first-order chi connectivity index (χ1) is 9.83. The van der Waals surface area contributed by atoms with E-state index in [1.165, 1.54) is 11.3 Å². The molecule has 2 heterocycles. The second kappa shape index (κ2) is 6.27. The number of thiazole rings is 1. The molecule has 2 rings (SSSR count). The van der Waals surface area contributed by atoms with E-state index in [9.17, 15) is 8.42 Å². The van der Waals surface area contributed by atoms with Gasteiger partial charge in [-0.15, -0.1) is 11.3 Å². The Morgan fingerprint density at radius 3 is 2.67 bits per heavy atom. The Kier molecular flexibility index (Phi) is 4.82. The molecular formula is C13H20N4O2S2. The van der Waals surface area contributed by atoms with E-state index in [2.05, 4.69) is 9.71 Å². The lowest BCUT2D eigenvalue weighted by Crippen LogP contribution is -2.22. The van der Waals surface area contributed by atoms with Gasteiger partial charge in [0.2, 0.25) is 10.0 Å². The number of hydrogen-bond donors (Lipinski definition) is 2. The van der Waals surface area contributed by atoms with Crippen LogP contribution in [0.3, 0.4) is 0 Å². The predicted octanol–water partition coefficient (Wildman–Crippen LogP) is 1.77. The second-order valence-electron chi connectivity index (χ2n) is 5.08. The van der Waals surface area contributed by atoms with Gasteiger partial charge in [-0.1, -0.05) is 0 Å². The summed E-state index contributed by atoms with van der Waals surface area (Å²) in [6.07, 6.45) is 1.63. The molecule has 116 valence electrons. The van der Waals surface area contributed by atoms with Crippen molar-refractivity contribution in [1.29, 1.82) is 0 Å². The smallest absolute Gasteiger partial charge is 0.242 e. The third-order valence-corrected chi connectivity index (χ3v) is 5.40. The van der Waals surface area contributed by atoms with E-state index in [0.29, 0.717) is 6.54 Å². The Hall–Kier alpha value is -1.22. The number of nitrogens with zero attached hydrogens (tertiary/aromatic N) is 2. The Morgan fingerprint density at radius 1 is 1.48 bits per heavy atom. The van der Waals surface area contributed by atoms with Gasteiger partial charge in [0.05, 0.1) is 11.4 Å². The van der Waals surface area contributed by atoms with Gasteiger partial charge in [-0.05, 0) is 26.8 Å². The zero-order chi connectivity index (χ0) is 15.6. The molecular weight excluding hydrogens is 308 g/mol. The van der Waals surface area contributed by atoms with Crippen LogP contribution < -0.4 is 10.5 Å². The van der Waals surface area contributed by atoms with Crippen LogP contribution in [0.15, 0.2) is 22.5 Å². The molecule has 0 unspecified atom stereocenters. The molecule has 0 saturated heterocycles. The van der Waals surface area contributed by atoms with Crippen LogP contribution in [0, 0.1) is 6.92 Å². The van der Waals surface area contributed by atoms with Crippen molar-refractivity contribution in [1.82, 2.24) is 14.3 Å². The lowest BCUT2D eigenvalue weighted by Gasteiger charge is -2.10. The molecule has 3 N–H and O–H groups in total. The van der Waals surface area contributed by atoms with Crippen LogP contribution in [0.4, 0.5) is 0 Å². The molecule has 6 nitrogen and oxygen atoms in total. The number of sulfonamides is 1. The van der Waals surface area contributed by atoms with Crippen LogP contribution in [0.5, 0.6) is 0 Å². The zero-order valence-electron chi connectivity index (χ0n) is 12.3. The van der Waals surface area contributed by atoms with E-state index in [1.54, 1.807) is 12.3 Å². The van der Waals surface area contributed by atoms with Crippen LogP contribution in [0.2, 0.25) is 0 Å². The van der Waals surface area contributed by atoms with Crippen LogP contribution in [0.25, 0.3) is 0 Å². The van der Waals surface area contributed by atoms with Gasteiger partial charge in [-0.25, -0.2) is 18.1 Å². The van der Waals surface area contributed by atoms with E-state index in [0.717, 1.165) is 16.4 Å². The molecule has 2 aromatic rings. The van der Waals surface area contributed by atoms with Crippen molar-refractivity contribution in [2.75, 3.05) is 0 Å². The van der Waals surface area contributed by atoms with E-state index in [-0.39, 0.29) is 17.5 Å². The summed E-state index contributed by atoms with van der Waals surface area (Å²) in [5.74, 6) is 0. The molecule has 0 atom stereocenters. The number of hydrogen-bond acceptors (Lipinski definition) is 5. The molecule has 0 fully saturated rings. The fraction of sp³-hybridized carbons (Fsp3) is 0.462. The maximum Gasteiger partial charge on any atom is 0.242 e. The Morgan fingerprint density at radius 2 is 2.19 bits per heavy atom. The largest absolute Gasteiger partial charge is 0.346 e.